The number of likely N-dealkylation sites (N-methyl/N-ethyl adjacent to an activating group) is 1. The maximum absolute atomic E-state index is 5.73. The zero-order valence-electron chi connectivity index (χ0n) is 11.9. The SMILES string of the molecule is CCC(CN)CN(C)CCc1ccc(OC)cc1. The summed E-state index contributed by atoms with van der Waals surface area (Å²) in [7, 11) is 3.86. The summed E-state index contributed by atoms with van der Waals surface area (Å²) in [6.45, 7) is 5.14. The van der Waals surface area contributed by atoms with Crippen molar-refractivity contribution in [3.63, 3.8) is 0 Å². The molecule has 0 aliphatic carbocycles. The molecule has 18 heavy (non-hydrogen) atoms. The summed E-state index contributed by atoms with van der Waals surface area (Å²) in [6, 6.07) is 8.30. The van der Waals surface area contributed by atoms with E-state index in [0.717, 1.165) is 38.2 Å². The van der Waals surface area contributed by atoms with Gasteiger partial charge in [0.2, 0.25) is 0 Å². The lowest BCUT2D eigenvalue weighted by Crippen LogP contribution is -2.31. The third-order valence-corrected chi connectivity index (χ3v) is 3.42. The van der Waals surface area contributed by atoms with Gasteiger partial charge in [0.1, 0.15) is 5.75 Å². The monoisotopic (exact) mass is 250 g/mol. The number of nitrogens with two attached hydrogens (primary N) is 1. The van der Waals surface area contributed by atoms with Crippen LogP contribution in [0.5, 0.6) is 5.75 Å². The Hall–Kier alpha value is -1.06. The molecule has 0 spiro atoms. The molecule has 0 aliphatic rings. The summed E-state index contributed by atoms with van der Waals surface area (Å²) in [5.74, 6) is 1.53. The van der Waals surface area contributed by atoms with Crippen molar-refractivity contribution in [3.05, 3.63) is 29.8 Å². The van der Waals surface area contributed by atoms with E-state index in [4.69, 9.17) is 10.5 Å². The normalized spacial score (nSPS) is 12.7. The fraction of sp³-hybridized carbons (Fsp3) is 0.600. The molecule has 0 radical (unpaired) electrons. The van der Waals surface area contributed by atoms with Crippen molar-refractivity contribution in [1.29, 1.82) is 0 Å². The first-order valence-electron chi connectivity index (χ1n) is 6.71. The molecule has 0 saturated heterocycles. The molecule has 3 heteroatoms. The lowest BCUT2D eigenvalue weighted by atomic mass is 10.1. The van der Waals surface area contributed by atoms with Gasteiger partial charge in [-0.3, -0.25) is 0 Å². The van der Waals surface area contributed by atoms with Crippen molar-refractivity contribution in [2.24, 2.45) is 11.7 Å². The van der Waals surface area contributed by atoms with Gasteiger partial charge in [-0.1, -0.05) is 25.5 Å². The highest BCUT2D eigenvalue weighted by molar-refractivity contribution is 5.27. The van der Waals surface area contributed by atoms with Gasteiger partial charge in [0, 0.05) is 13.1 Å². The number of hydrogen-bond acceptors (Lipinski definition) is 3. The Morgan fingerprint density at radius 2 is 1.94 bits per heavy atom. The van der Waals surface area contributed by atoms with Crippen molar-refractivity contribution in [3.8, 4) is 5.75 Å². The molecule has 0 amide bonds. The second kappa shape index (κ2) is 8.11. The second-order valence-electron chi connectivity index (χ2n) is 4.87. The summed E-state index contributed by atoms with van der Waals surface area (Å²) in [5.41, 5.74) is 7.08. The van der Waals surface area contributed by atoms with Crippen LogP contribution in [-0.2, 0) is 6.42 Å². The van der Waals surface area contributed by atoms with Gasteiger partial charge in [-0.25, -0.2) is 0 Å². The van der Waals surface area contributed by atoms with Crippen LogP contribution in [0.2, 0.25) is 0 Å². The number of ether oxygens (including phenoxy) is 1. The first-order valence-corrected chi connectivity index (χ1v) is 6.71. The Bertz CT molecular complexity index is 320. The number of benzene rings is 1. The minimum atomic E-state index is 0.617. The minimum absolute atomic E-state index is 0.617. The van der Waals surface area contributed by atoms with E-state index in [1.807, 2.05) is 12.1 Å². The van der Waals surface area contributed by atoms with E-state index in [-0.39, 0.29) is 0 Å². The highest BCUT2D eigenvalue weighted by Crippen LogP contribution is 2.12. The van der Waals surface area contributed by atoms with Crippen LogP contribution in [0.25, 0.3) is 0 Å². The quantitative estimate of drug-likeness (QED) is 0.768. The topological polar surface area (TPSA) is 38.5 Å². The Balaban J connectivity index is 2.34. The summed E-state index contributed by atoms with van der Waals surface area (Å²) < 4.78 is 5.15. The third-order valence-electron chi connectivity index (χ3n) is 3.42. The highest BCUT2D eigenvalue weighted by Gasteiger charge is 2.07. The molecule has 0 fully saturated rings. The van der Waals surface area contributed by atoms with Crippen molar-refractivity contribution in [1.82, 2.24) is 4.90 Å². The van der Waals surface area contributed by atoms with Crippen LogP contribution >= 0.6 is 0 Å². The average Bonchev–Trinajstić information content (AvgIpc) is 2.43. The second-order valence-corrected chi connectivity index (χ2v) is 4.87. The maximum atomic E-state index is 5.73. The zero-order chi connectivity index (χ0) is 13.4. The zero-order valence-corrected chi connectivity index (χ0v) is 11.9. The third kappa shape index (κ3) is 5.07. The predicted octanol–water partition coefficient (Wildman–Crippen LogP) is 2.15. The molecule has 0 heterocycles. The molecular formula is C15H26N2O. The molecule has 0 saturated carbocycles. The molecule has 1 atom stereocenters. The smallest absolute Gasteiger partial charge is 0.118 e. The highest BCUT2D eigenvalue weighted by atomic mass is 16.5. The van der Waals surface area contributed by atoms with Gasteiger partial charge in [0.15, 0.2) is 0 Å². The van der Waals surface area contributed by atoms with E-state index < -0.39 is 0 Å². The summed E-state index contributed by atoms with van der Waals surface area (Å²) >= 11 is 0. The van der Waals surface area contributed by atoms with Gasteiger partial charge in [-0.15, -0.1) is 0 Å². The minimum Gasteiger partial charge on any atom is -0.497 e. The van der Waals surface area contributed by atoms with Gasteiger partial charge in [-0.05, 0) is 43.6 Å². The van der Waals surface area contributed by atoms with Crippen LogP contribution in [0.3, 0.4) is 0 Å². The number of rotatable bonds is 8. The van der Waals surface area contributed by atoms with E-state index >= 15 is 0 Å². The number of hydrogen-bond donors (Lipinski definition) is 1. The molecule has 0 aliphatic heterocycles. The van der Waals surface area contributed by atoms with Crippen LogP contribution in [-0.4, -0.2) is 38.7 Å². The van der Waals surface area contributed by atoms with E-state index in [2.05, 4.69) is 31.0 Å². The van der Waals surface area contributed by atoms with Gasteiger partial charge >= 0.3 is 0 Å². The predicted molar refractivity (Wildman–Crippen MR) is 77.0 cm³/mol. The molecule has 2 N–H and O–H groups in total. The molecule has 0 bridgehead atoms. The molecule has 0 aromatic heterocycles. The molecule has 3 nitrogen and oxygen atoms in total. The maximum Gasteiger partial charge on any atom is 0.118 e. The van der Waals surface area contributed by atoms with Crippen molar-refractivity contribution in [2.45, 2.75) is 19.8 Å². The van der Waals surface area contributed by atoms with Crippen molar-refractivity contribution in [2.75, 3.05) is 33.8 Å². The van der Waals surface area contributed by atoms with E-state index in [1.165, 1.54) is 5.56 Å². The molecule has 1 rings (SSSR count). The Morgan fingerprint density at radius 1 is 1.28 bits per heavy atom. The van der Waals surface area contributed by atoms with E-state index in [1.54, 1.807) is 7.11 Å². The fourth-order valence-electron chi connectivity index (χ4n) is 2.01. The van der Waals surface area contributed by atoms with Crippen LogP contribution in [0.4, 0.5) is 0 Å². The Morgan fingerprint density at radius 3 is 2.44 bits per heavy atom. The largest absolute Gasteiger partial charge is 0.497 e. The van der Waals surface area contributed by atoms with Gasteiger partial charge in [-0.2, -0.15) is 0 Å². The number of nitrogens with zero attached hydrogens (tertiary/aromatic N) is 1. The standard InChI is InChI=1S/C15H26N2O/c1-4-13(11-16)12-17(2)10-9-14-5-7-15(18-3)8-6-14/h5-8,13H,4,9-12,16H2,1-3H3. The summed E-state index contributed by atoms with van der Waals surface area (Å²) in [4.78, 5) is 2.37. The summed E-state index contributed by atoms with van der Waals surface area (Å²) in [6.07, 6.45) is 2.23. The van der Waals surface area contributed by atoms with E-state index in [0.29, 0.717) is 5.92 Å². The van der Waals surface area contributed by atoms with Gasteiger partial charge in [0.25, 0.3) is 0 Å². The van der Waals surface area contributed by atoms with Gasteiger partial charge in [0.05, 0.1) is 7.11 Å². The van der Waals surface area contributed by atoms with E-state index in [9.17, 15) is 0 Å². The average molecular weight is 250 g/mol. The lowest BCUT2D eigenvalue weighted by Gasteiger charge is -2.22. The molecule has 102 valence electrons. The molecular weight excluding hydrogens is 224 g/mol. The Labute approximate surface area is 111 Å². The first-order chi connectivity index (χ1) is 8.69. The first kappa shape index (κ1) is 15.0. The van der Waals surface area contributed by atoms with Crippen molar-refractivity contribution >= 4 is 0 Å². The summed E-state index contributed by atoms with van der Waals surface area (Å²) in [5, 5.41) is 0. The van der Waals surface area contributed by atoms with Crippen LogP contribution in [0.15, 0.2) is 24.3 Å². The lowest BCUT2D eigenvalue weighted by molar-refractivity contribution is 0.277. The van der Waals surface area contributed by atoms with Crippen LogP contribution < -0.4 is 10.5 Å². The molecule has 1 aromatic carbocycles. The number of methoxy groups -OCH3 is 1. The van der Waals surface area contributed by atoms with Crippen LogP contribution in [0, 0.1) is 5.92 Å². The van der Waals surface area contributed by atoms with Crippen LogP contribution in [0.1, 0.15) is 18.9 Å². The molecule has 1 unspecified atom stereocenters. The van der Waals surface area contributed by atoms with Gasteiger partial charge < -0.3 is 15.4 Å². The fourth-order valence-corrected chi connectivity index (χ4v) is 2.01. The Kier molecular flexibility index (Phi) is 6.76. The van der Waals surface area contributed by atoms with Crippen molar-refractivity contribution < 1.29 is 4.74 Å². The molecule has 1 aromatic rings.